The lowest BCUT2D eigenvalue weighted by molar-refractivity contribution is -0.147. The fourth-order valence-electron chi connectivity index (χ4n) is 2.35. The molecule has 7 heteroatoms. The number of aryl methyl sites for hydroxylation is 3. The number of esters is 1. The highest BCUT2D eigenvalue weighted by molar-refractivity contribution is 5.94. The van der Waals surface area contributed by atoms with Gasteiger partial charge in [-0.2, -0.15) is 0 Å². The van der Waals surface area contributed by atoms with Crippen molar-refractivity contribution in [2.45, 2.75) is 53.6 Å². The molecule has 0 unspecified atom stereocenters. The Morgan fingerprint density at radius 2 is 1.62 bits per heavy atom. The molecule has 26 heavy (non-hydrogen) atoms. The molecular formula is C19H28N2O5. The predicted molar refractivity (Wildman–Crippen MR) is 99.1 cm³/mol. The molecule has 0 atom stereocenters. The van der Waals surface area contributed by atoms with Gasteiger partial charge in [0.15, 0.2) is 6.61 Å². The summed E-state index contributed by atoms with van der Waals surface area (Å²) in [7, 11) is 0. The Morgan fingerprint density at radius 3 is 2.15 bits per heavy atom. The average molecular weight is 364 g/mol. The van der Waals surface area contributed by atoms with E-state index in [1.807, 2.05) is 32.9 Å². The van der Waals surface area contributed by atoms with E-state index in [1.165, 1.54) is 0 Å². The molecule has 0 aliphatic rings. The number of nitrogens with one attached hydrogen (secondary N) is 2. The monoisotopic (exact) mass is 364 g/mol. The number of rotatable bonds is 6. The van der Waals surface area contributed by atoms with Crippen LogP contribution in [0, 0.1) is 20.8 Å². The number of amides is 2. The first-order chi connectivity index (χ1) is 12.0. The van der Waals surface area contributed by atoms with Crippen molar-refractivity contribution in [1.82, 2.24) is 5.32 Å². The molecule has 1 rings (SSSR count). The third-order valence-corrected chi connectivity index (χ3v) is 3.30. The fourth-order valence-corrected chi connectivity index (χ4v) is 2.35. The standard InChI is InChI=1S/C19H28N2O5/c1-12-9-13(2)17(14(3)10-12)21-15(22)11-25-16(23)7-8-20-18(24)26-19(4,5)6/h9-10H,7-8,11H2,1-6H3,(H,20,24)(H,21,22). The molecule has 0 bridgehead atoms. The molecular weight excluding hydrogens is 336 g/mol. The number of anilines is 1. The predicted octanol–water partition coefficient (Wildman–Crippen LogP) is 3.01. The van der Waals surface area contributed by atoms with E-state index in [-0.39, 0.29) is 19.6 Å². The number of hydrogen-bond acceptors (Lipinski definition) is 5. The maximum absolute atomic E-state index is 12.0. The molecule has 144 valence electrons. The first-order valence-electron chi connectivity index (χ1n) is 8.48. The number of carbonyl (C=O) groups excluding carboxylic acids is 3. The molecule has 0 heterocycles. The molecule has 7 nitrogen and oxygen atoms in total. The summed E-state index contributed by atoms with van der Waals surface area (Å²) in [5.41, 5.74) is 3.13. The minimum atomic E-state index is -0.603. The Bertz CT molecular complexity index is 654. The largest absolute Gasteiger partial charge is 0.456 e. The van der Waals surface area contributed by atoms with E-state index in [1.54, 1.807) is 20.8 Å². The number of alkyl carbamates (subject to hydrolysis) is 1. The van der Waals surface area contributed by atoms with Crippen molar-refractivity contribution in [2.24, 2.45) is 0 Å². The normalized spacial score (nSPS) is 10.8. The zero-order valence-electron chi connectivity index (χ0n) is 16.3. The Labute approximate surface area is 154 Å². The summed E-state index contributed by atoms with van der Waals surface area (Å²) in [4.78, 5) is 35.1. The topological polar surface area (TPSA) is 93.7 Å². The van der Waals surface area contributed by atoms with E-state index in [2.05, 4.69) is 10.6 Å². The van der Waals surface area contributed by atoms with E-state index < -0.39 is 23.6 Å². The van der Waals surface area contributed by atoms with Crippen LogP contribution in [0.15, 0.2) is 12.1 Å². The summed E-state index contributed by atoms with van der Waals surface area (Å²) in [5, 5.41) is 5.21. The second-order valence-corrected chi connectivity index (χ2v) is 7.16. The van der Waals surface area contributed by atoms with Gasteiger partial charge in [0.2, 0.25) is 0 Å². The summed E-state index contributed by atoms with van der Waals surface area (Å²) >= 11 is 0. The second kappa shape index (κ2) is 9.22. The molecule has 2 amide bonds. The average Bonchev–Trinajstić information content (AvgIpc) is 2.47. The van der Waals surface area contributed by atoms with Crippen molar-refractivity contribution in [1.29, 1.82) is 0 Å². The molecule has 0 saturated carbocycles. The van der Waals surface area contributed by atoms with Crippen LogP contribution in [0.4, 0.5) is 10.5 Å². The number of carbonyl (C=O) groups is 3. The van der Waals surface area contributed by atoms with Crippen LogP contribution in [0.25, 0.3) is 0 Å². The van der Waals surface area contributed by atoms with Crippen LogP contribution < -0.4 is 10.6 Å². The van der Waals surface area contributed by atoms with Gasteiger partial charge >= 0.3 is 12.1 Å². The van der Waals surface area contributed by atoms with E-state index in [0.717, 1.165) is 22.4 Å². The highest BCUT2D eigenvalue weighted by Crippen LogP contribution is 2.21. The van der Waals surface area contributed by atoms with Gasteiger partial charge in [-0.05, 0) is 52.7 Å². The fraction of sp³-hybridized carbons (Fsp3) is 0.526. The van der Waals surface area contributed by atoms with E-state index in [4.69, 9.17) is 9.47 Å². The van der Waals surface area contributed by atoms with Crippen LogP contribution in [0.2, 0.25) is 0 Å². The van der Waals surface area contributed by atoms with Crippen molar-refractivity contribution < 1.29 is 23.9 Å². The zero-order chi connectivity index (χ0) is 19.9. The lowest BCUT2D eigenvalue weighted by Crippen LogP contribution is -2.34. The summed E-state index contributed by atoms with van der Waals surface area (Å²) in [6.45, 7) is 10.7. The van der Waals surface area contributed by atoms with E-state index in [0.29, 0.717) is 0 Å². The number of benzene rings is 1. The SMILES string of the molecule is Cc1cc(C)c(NC(=O)COC(=O)CCNC(=O)OC(C)(C)C)c(C)c1. The summed E-state index contributed by atoms with van der Waals surface area (Å²) in [6, 6.07) is 3.94. The Balaban J connectivity index is 2.35. The van der Waals surface area contributed by atoms with Gasteiger partial charge in [0.05, 0.1) is 6.42 Å². The summed E-state index contributed by atoms with van der Waals surface area (Å²) in [6.07, 6.45) is -0.650. The first-order valence-corrected chi connectivity index (χ1v) is 8.48. The highest BCUT2D eigenvalue weighted by Gasteiger charge is 2.16. The van der Waals surface area contributed by atoms with E-state index in [9.17, 15) is 14.4 Å². The van der Waals surface area contributed by atoms with Crippen LogP contribution in [0.1, 0.15) is 43.9 Å². The minimum absolute atomic E-state index is 0.0465. The maximum Gasteiger partial charge on any atom is 0.407 e. The molecule has 0 saturated heterocycles. The van der Waals surface area contributed by atoms with Gasteiger partial charge in [-0.1, -0.05) is 17.7 Å². The highest BCUT2D eigenvalue weighted by atomic mass is 16.6. The number of ether oxygens (including phenoxy) is 2. The van der Waals surface area contributed by atoms with Crippen molar-refractivity contribution in [3.63, 3.8) is 0 Å². The van der Waals surface area contributed by atoms with Crippen LogP contribution in [0.5, 0.6) is 0 Å². The van der Waals surface area contributed by atoms with Crippen LogP contribution in [-0.2, 0) is 19.1 Å². The lowest BCUT2D eigenvalue weighted by atomic mass is 10.1. The van der Waals surface area contributed by atoms with Gasteiger partial charge in [0.25, 0.3) is 5.91 Å². The molecule has 1 aromatic rings. The lowest BCUT2D eigenvalue weighted by Gasteiger charge is -2.19. The van der Waals surface area contributed by atoms with Gasteiger partial charge in [-0.3, -0.25) is 9.59 Å². The minimum Gasteiger partial charge on any atom is -0.456 e. The van der Waals surface area contributed by atoms with Gasteiger partial charge < -0.3 is 20.1 Å². The van der Waals surface area contributed by atoms with Gasteiger partial charge in [0, 0.05) is 12.2 Å². The van der Waals surface area contributed by atoms with Crippen LogP contribution >= 0.6 is 0 Å². The Kier molecular flexibility index (Phi) is 7.61. The van der Waals surface area contributed by atoms with Crippen molar-refractivity contribution in [3.8, 4) is 0 Å². The maximum atomic E-state index is 12.0. The molecule has 1 aromatic carbocycles. The van der Waals surface area contributed by atoms with Gasteiger partial charge in [0.1, 0.15) is 5.60 Å². The van der Waals surface area contributed by atoms with Crippen molar-refractivity contribution in [2.75, 3.05) is 18.5 Å². The van der Waals surface area contributed by atoms with E-state index >= 15 is 0 Å². The van der Waals surface area contributed by atoms with Crippen LogP contribution in [-0.4, -0.2) is 36.7 Å². The third kappa shape index (κ3) is 8.00. The molecule has 0 radical (unpaired) electrons. The number of hydrogen-bond donors (Lipinski definition) is 2. The summed E-state index contributed by atoms with van der Waals surface area (Å²) < 4.78 is 9.97. The van der Waals surface area contributed by atoms with Crippen molar-refractivity contribution in [3.05, 3.63) is 28.8 Å². The molecule has 2 N–H and O–H groups in total. The molecule has 0 spiro atoms. The summed E-state index contributed by atoms with van der Waals surface area (Å²) in [5.74, 6) is -0.984. The quantitative estimate of drug-likeness (QED) is 0.757. The first kappa shape index (κ1) is 21.5. The molecule has 0 aromatic heterocycles. The Hall–Kier alpha value is -2.57. The molecule has 0 aliphatic carbocycles. The molecule has 0 aliphatic heterocycles. The van der Waals surface area contributed by atoms with Gasteiger partial charge in [-0.15, -0.1) is 0 Å². The molecule has 0 fully saturated rings. The van der Waals surface area contributed by atoms with Crippen molar-refractivity contribution >= 4 is 23.7 Å². The smallest absolute Gasteiger partial charge is 0.407 e. The second-order valence-electron chi connectivity index (χ2n) is 7.16. The van der Waals surface area contributed by atoms with Gasteiger partial charge in [-0.25, -0.2) is 4.79 Å². The Morgan fingerprint density at radius 1 is 1.04 bits per heavy atom. The zero-order valence-corrected chi connectivity index (χ0v) is 16.3. The van der Waals surface area contributed by atoms with Crippen LogP contribution in [0.3, 0.4) is 0 Å². The third-order valence-electron chi connectivity index (χ3n) is 3.30.